The third kappa shape index (κ3) is 2.36. The van der Waals surface area contributed by atoms with Crippen LogP contribution in [0.2, 0.25) is 0 Å². The van der Waals surface area contributed by atoms with Crippen LogP contribution in [0, 0.1) is 0 Å². The molecule has 1 atom stereocenters. The second-order valence-electron chi connectivity index (χ2n) is 4.56. The number of phenolic OH excluding ortho intramolecular Hbond substituents is 1. The molecule has 3 nitrogen and oxygen atoms in total. The Hall–Kier alpha value is -1.87. The van der Waals surface area contributed by atoms with Crippen molar-refractivity contribution >= 4 is 5.78 Å². The van der Waals surface area contributed by atoms with Crippen LogP contribution < -0.4 is 0 Å². The van der Waals surface area contributed by atoms with Crippen molar-refractivity contribution in [3.05, 3.63) is 53.6 Å². The molecule has 18 heavy (non-hydrogen) atoms. The van der Waals surface area contributed by atoms with Crippen molar-refractivity contribution in [3.63, 3.8) is 0 Å². The van der Waals surface area contributed by atoms with Crippen LogP contribution in [0.3, 0.4) is 0 Å². The highest BCUT2D eigenvalue weighted by atomic mass is 16.5. The molecule has 2 rings (SSSR count). The number of methoxy groups -OCH3 is 1. The Kier molecular flexibility index (Phi) is 3.34. The van der Waals surface area contributed by atoms with Gasteiger partial charge in [-0.1, -0.05) is 30.4 Å². The van der Waals surface area contributed by atoms with Gasteiger partial charge in [-0.2, -0.15) is 0 Å². The van der Waals surface area contributed by atoms with Crippen molar-refractivity contribution in [1.29, 1.82) is 0 Å². The molecule has 0 saturated carbocycles. The maximum Gasteiger partial charge on any atom is 0.196 e. The second-order valence-corrected chi connectivity index (χ2v) is 4.56. The van der Waals surface area contributed by atoms with Gasteiger partial charge in [0.2, 0.25) is 0 Å². The van der Waals surface area contributed by atoms with E-state index in [4.69, 9.17) is 4.74 Å². The van der Waals surface area contributed by atoms with E-state index >= 15 is 0 Å². The predicted octanol–water partition coefficient (Wildman–Crippen LogP) is 2.87. The number of ketones is 1. The number of allylic oxidation sites excluding steroid dienone is 2. The van der Waals surface area contributed by atoms with Gasteiger partial charge in [0.15, 0.2) is 5.78 Å². The van der Waals surface area contributed by atoms with Gasteiger partial charge in [-0.25, -0.2) is 0 Å². The standard InChI is InChI=1S/C15H16O3/c1-15(18-2)9-7-11(8-10-15)14(17)12-5-3-4-6-13(12)16/h3-9,16H,10H2,1-2H3. The summed E-state index contributed by atoms with van der Waals surface area (Å²) in [6.45, 7) is 1.96. The lowest BCUT2D eigenvalue weighted by molar-refractivity contribution is 0.0501. The molecular formula is C15H16O3. The molecule has 1 aromatic rings. The molecule has 0 radical (unpaired) electrons. The van der Waals surface area contributed by atoms with Crippen molar-refractivity contribution < 1.29 is 14.6 Å². The number of para-hydroxylation sites is 1. The molecule has 1 N–H and O–H groups in total. The number of carbonyl (C=O) groups is 1. The first-order valence-corrected chi connectivity index (χ1v) is 5.83. The molecule has 0 heterocycles. The highest BCUT2D eigenvalue weighted by Crippen LogP contribution is 2.27. The van der Waals surface area contributed by atoms with E-state index in [-0.39, 0.29) is 17.1 Å². The predicted molar refractivity (Wildman–Crippen MR) is 69.7 cm³/mol. The normalized spacial score (nSPS) is 22.7. The van der Waals surface area contributed by atoms with Gasteiger partial charge in [0.25, 0.3) is 0 Å². The smallest absolute Gasteiger partial charge is 0.196 e. The lowest BCUT2D eigenvalue weighted by Crippen LogP contribution is -2.26. The molecule has 1 unspecified atom stereocenters. The summed E-state index contributed by atoms with van der Waals surface area (Å²) >= 11 is 0. The Labute approximate surface area is 106 Å². The molecule has 0 amide bonds. The van der Waals surface area contributed by atoms with Gasteiger partial charge in [0.05, 0.1) is 11.2 Å². The van der Waals surface area contributed by atoms with Gasteiger partial charge in [0, 0.05) is 12.7 Å². The fourth-order valence-electron chi connectivity index (χ4n) is 1.86. The van der Waals surface area contributed by atoms with Crippen LogP contribution in [0.1, 0.15) is 23.7 Å². The minimum absolute atomic E-state index is 0.0110. The number of aromatic hydroxyl groups is 1. The number of ether oxygens (including phenoxy) is 1. The maximum absolute atomic E-state index is 12.2. The molecule has 3 heteroatoms. The summed E-state index contributed by atoms with van der Waals surface area (Å²) in [5, 5.41) is 9.66. The van der Waals surface area contributed by atoms with E-state index in [1.165, 1.54) is 6.07 Å². The number of Topliss-reactive ketones (excluding diaryl/α,β-unsaturated/α-hetero) is 1. The van der Waals surface area contributed by atoms with Gasteiger partial charge in [-0.3, -0.25) is 4.79 Å². The number of benzene rings is 1. The maximum atomic E-state index is 12.2. The number of hydrogen-bond donors (Lipinski definition) is 1. The van der Waals surface area contributed by atoms with E-state index < -0.39 is 0 Å². The van der Waals surface area contributed by atoms with Crippen molar-refractivity contribution in [2.75, 3.05) is 7.11 Å². The van der Waals surface area contributed by atoms with Crippen LogP contribution in [0.25, 0.3) is 0 Å². The first-order chi connectivity index (χ1) is 8.56. The zero-order valence-corrected chi connectivity index (χ0v) is 10.5. The number of rotatable bonds is 3. The Morgan fingerprint density at radius 1 is 1.39 bits per heavy atom. The molecular weight excluding hydrogens is 228 g/mol. The molecule has 0 spiro atoms. The van der Waals surface area contributed by atoms with E-state index in [1.807, 2.05) is 19.1 Å². The van der Waals surface area contributed by atoms with Crippen molar-refractivity contribution in [1.82, 2.24) is 0 Å². The molecule has 0 aliphatic heterocycles. The fraction of sp³-hybridized carbons (Fsp3) is 0.267. The topological polar surface area (TPSA) is 46.5 Å². The third-order valence-corrected chi connectivity index (χ3v) is 3.22. The largest absolute Gasteiger partial charge is 0.507 e. The van der Waals surface area contributed by atoms with Crippen molar-refractivity contribution in [2.24, 2.45) is 0 Å². The van der Waals surface area contributed by atoms with Gasteiger partial charge in [-0.05, 0) is 25.5 Å². The molecule has 94 valence electrons. The summed E-state index contributed by atoms with van der Waals surface area (Å²) in [7, 11) is 1.65. The molecule has 0 aromatic heterocycles. The summed E-state index contributed by atoms with van der Waals surface area (Å²) in [6, 6.07) is 6.56. The third-order valence-electron chi connectivity index (χ3n) is 3.22. The van der Waals surface area contributed by atoms with Crippen LogP contribution in [0.5, 0.6) is 5.75 Å². The van der Waals surface area contributed by atoms with Crippen molar-refractivity contribution in [2.45, 2.75) is 18.9 Å². The molecule has 0 fully saturated rings. The van der Waals surface area contributed by atoms with E-state index in [0.29, 0.717) is 17.6 Å². The van der Waals surface area contributed by atoms with Crippen LogP contribution >= 0.6 is 0 Å². The Balaban J connectivity index is 2.23. The fourth-order valence-corrected chi connectivity index (χ4v) is 1.86. The summed E-state index contributed by atoms with van der Waals surface area (Å²) in [5.74, 6) is -0.153. The molecule has 1 aromatic carbocycles. The average Bonchev–Trinajstić information content (AvgIpc) is 2.39. The summed E-state index contributed by atoms with van der Waals surface area (Å²) in [5.41, 5.74) is 0.572. The lowest BCUT2D eigenvalue weighted by atomic mass is 9.90. The van der Waals surface area contributed by atoms with Crippen LogP contribution in [-0.4, -0.2) is 23.6 Å². The monoisotopic (exact) mass is 244 g/mol. The number of carbonyl (C=O) groups excluding carboxylic acids is 1. The zero-order chi connectivity index (χ0) is 13.2. The van der Waals surface area contributed by atoms with Crippen LogP contribution in [0.4, 0.5) is 0 Å². The van der Waals surface area contributed by atoms with Gasteiger partial charge in [0.1, 0.15) is 5.75 Å². The van der Waals surface area contributed by atoms with E-state index in [2.05, 4.69) is 0 Å². The zero-order valence-electron chi connectivity index (χ0n) is 10.5. The summed E-state index contributed by atoms with van der Waals surface area (Å²) in [6.07, 6.45) is 6.12. The summed E-state index contributed by atoms with van der Waals surface area (Å²) < 4.78 is 5.34. The number of hydrogen-bond acceptors (Lipinski definition) is 3. The SMILES string of the molecule is COC1(C)C=CC(C(=O)c2ccccc2O)=CC1. The van der Waals surface area contributed by atoms with E-state index in [1.54, 1.807) is 31.4 Å². The Morgan fingerprint density at radius 3 is 2.67 bits per heavy atom. The highest BCUT2D eigenvalue weighted by molar-refractivity contribution is 6.12. The van der Waals surface area contributed by atoms with Crippen LogP contribution in [0.15, 0.2) is 48.1 Å². The van der Waals surface area contributed by atoms with E-state index in [0.717, 1.165) is 0 Å². The second kappa shape index (κ2) is 4.78. The average molecular weight is 244 g/mol. The molecule has 0 saturated heterocycles. The lowest BCUT2D eigenvalue weighted by Gasteiger charge is -2.26. The quantitative estimate of drug-likeness (QED) is 0.832. The summed E-state index contributed by atoms with van der Waals surface area (Å²) in [4.78, 5) is 12.2. The molecule has 1 aliphatic rings. The van der Waals surface area contributed by atoms with E-state index in [9.17, 15) is 9.90 Å². The molecule has 1 aliphatic carbocycles. The minimum Gasteiger partial charge on any atom is -0.507 e. The first-order valence-electron chi connectivity index (χ1n) is 5.83. The minimum atomic E-state index is -0.345. The Bertz CT molecular complexity index is 528. The van der Waals surface area contributed by atoms with Gasteiger partial charge in [-0.15, -0.1) is 0 Å². The Morgan fingerprint density at radius 2 is 2.11 bits per heavy atom. The number of phenols is 1. The van der Waals surface area contributed by atoms with Gasteiger partial charge >= 0.3 is 0 Å². The highest BCUT2D eigenvalue weighted by Gasteiger charge is 2.24. The molecule has 0 bridgehead atoms. The first kappa shape index (κ1) is 12.6. The van der Waals surface area contributed by atoms with Crippen LogP contribution in [-0.2, 0) is 4.74 Å². The van der Waals surface area contributed by atoms with Gasteiger partial charge < -0.3 is 9.84 Å². The van der Waals surface area contributed by atoms with Crippen molar-refractivity contribution in [3.8, 4) is 5.75 Å².